The summed E-state index contributed by atoms with van der Waals surface area (Å²) < 4.78 is 25.1. The van der Waals surface area contributed by atoms with Gasteiger partial charge in [0, 0.05) is 37.2 Å². The molecule has 0 aliphatic carbocycles. The Morgan fingerprint density at radius 3 is 2.89 bits per heavy atom. The number of likely N-dealkylation sites (tertiary alicyclic amines) is 1. The van der Waals surface area contributed by atoms with Gasteiger partial charge >= 0.3 is 0 Å². The Morgan fingerprint density at radius 1 is 1.47 bits per heavy atom. The minimum absolute atomic E-state index is 0.104. The fourth-order valence-electron chi connectivity index (χ4n) is 2.52. The standard InChI is InChI=1S/C11H21N3O3S2/c1-19(16,17)13-9-3-2-5-14(7-9)11(15)10-8-18-6-4-12-10/h9-10,12-13H,2-8H2,1H3. The van der Waals surface area contributed by atoms with Crippen molar-refractivity contribution in [3.05, 3.63) is 0 Å². The fourth-order valence-corrected chi connectivity index (χ4v) is 4.24. The number of piperidine rings is 1. The highest BCUT2D eigenvalue weighted by molar-refractivity contribution is 7.99. The molecular weight excluding hydrogens is 286 g/mol. The van der Waals surface area contributed by atoms with Crippen LogP contribution in [0.5, 0.6) is 0 Å². The van der Waals surface area contributed by atoms with Crippen LogP contribution in [0.15, 0.2) is 0 Å². The van der Waals surface area contributed by atoms with Crippen LogP contribution in [0.2, 0.25) is 0 Å². The zero-order valence-corrected chi connectivity index (χ0v) is 12.7. The first-order valence-electron chi connectivity index (χ1n) is 6.53. The van der Waals surface area contributed by atoms with Gasteiger partial charge in [0.15, 0.2) is 0 Å². The van der Waals surface area contributed by atoms with Crippen LogP contribution in [0.1, 0.15) is 12.8 Å². The van der Waals surface area contributed by atoms with E-state index in [1.165, 1.54) is 0 Å². The maximum Gasteiger partial charge on any atom is 0.240 e. The average Bonchev–Trinajstić information content (AvgIpc) is 2.37. The summed E-state index contributed by atoms with van der Waals surface area (Å²) in [6, 6.07) is -0.264. The highest BCUT2D eigenvalue weighted by atomic mass is 32.2. The van der Waals surface area contributed by atoms with Gasteiger partial charge in [-0.05, 0) is 12.8 Å². The quantitative estimate of drug-likeness (QED) is 0.716. The Hall–Kier alpha value is -0.310. The summed E-state index contributed by atoms with van der Waals surface area (Å²) in [6.07, 6.45) is 2.80. The van der Waals surface area contributed by atoms with E-state index < -0.39 is 10.0 Å². The Morgan fingerprint density at radius 2 is 2.26 bits per heavy atom. The van der Waals surface area contributed by atoms with Crippen molar-refractivity contribution in [2.45, 2.75) is 24.9 Å². The van der Waals surface area contributed by atoms with Crippen LogP contribution >= 0.6 is 11.8 Å². The molecule has 8 heteroatoms. The lowest BCUT2D eigenvalue weighted by atomic mass is 10.1. The van der Waals surface area contributed by atoms with E-state index >= 15 is 0 Å². The van der Waals surface area contributed by atoms with E-state index in [1.54, 1.807) is 16.7 Å². The first-order chi connectivity index (χ1) is 8.96. The summed E-state index contributed by atoms with van der Waals surface area (Å²) in [5, 5.41) is 3.23. The lowest BCUT2D eigenvalue weighted by Crippen LogP contribution is -2.56. The molecule has 0 radical (unpaired) electrons. The third-order valence-electron chi connectivity index (χ3n) is 3.33. The normalized spacial score (nSPS) is 29.2. The van der Waals surface area contributed by atoms with Crippen molar-refractivity contribution in [3.8, 4) is 0 Å². The van der Waals surface area contributed by atoms with Gasteiger partial charge in [0.1, 0.15) is 0 Å². The molecule has 0 bridgehead atoms. The number of nitrogens with one attached hydrogen (secondary N) is 2. The molecule has 110 valence electrons. The Bertz CT molecular complexity index is 421. The Kier molecular flexibility index (Phi) is 5.10. The van der Waals surface area contributed by atoms with Crippen LogP contribution in [0.4, 0.5) is 0 Å². The summed E-state index contributed by atoms with van der Waals surface area (Å²) in [5.41, 5.74) is 0. The van der Waals surface area contributed by atoms with E-state index in [-0.39, 0.29) is 18.0 Å². The van der Waals surface area contributed by atoms with Crippen LogP contribution in [0.25, 0.3) is 0 Å². The minimum Gasteiger partial charge on any atom is -0.340 e. The summed E-state index contributed by atoms with van der Waals surface area (Å²) in [4.78, 5) is 14.1. The van der Waals surface area contributed by atoms with E-state index in [9.17, 15) is 13.2 Å². The SMILES string of the molecule is CS(=O)(=O)NC1CCCN(C(=O)C2CSCCN2)C1. The third kappa shape index (κ3) is 4.62. The van der Waals surface area contributed by atoms with Gasteiger partial charge in [-0.1, -0.05) is 0 Å². The molecule has 2 fully saturated rings. The van der Waals surface area contributed by atoms with E-state index in [4.69, 9.17) is 0 Å². The first kappa shape index (κ1) is 15.1. The molecular formula is C11H21N3O3S2. The number of sulfonamides is 1. The maximum absolute atomic E-state index is 12.3. The van der Waals surface area contributed by atoms with Crippen LogP contribution in [-0.2, 0) is 14.8 Å². The molecule has 2 saturated heterocycles. The van der Waals surface area contributed by atoms with Gasteiger partial charge in [-0.25, -0.2) is 13.1 Å². The molecule has 2 atom stereocenters. The predicted molar refractivity (Wildman–Crippen MR) is 76.7 cm³/mol. The number of carbonyl (C=O) groups excluding carboxylic acids is 1. The van der Waals surface area contributed by atoms with Gasteiger partial charge < -0.3 is 10.2 Å². The molecule has 0 spiro atoms. The monoisotopic (exact) mass is 307 g/mol. The summed E-state index contributed by atoms with van der Waals surface area (Å²) >= 11 is 1.78. The first-order valence-corrected chi connectivity index (χ1v) is 9.57. The van der Waals surface area contributed by atoms with Crippen molar-refractivity contribution in [2.75, 3.05) is 37.4 Å². The summed E-state index contributed by atoms with van der Waals surface area (Å²) in [6.45, 7) is 2.07. The van der Waals surface area contributed by atoms with E-state index in [0.717, 1.165) is 43.7 Å². The smallest absolute Gasteiger partial charge is 0.240 e. The number of thioether (sulfide) groups is 1. The zero-order chi connectivity index (χ0) is 13.9. The molecule has 1 amide bonds. The Labute approximate surface area is 118 Å². The van der Waals surface area contributed by atoms with Gasteiger partial charge in [0.2, 0.25) is 15.9 Å². The molecule has 0 aromatic heterocycles. The molecule has 2 aliphatic heterocycles. The van der Waals surface area contributed by atoms with Crippen molar-refractivity contribution in [1.29, 1.82) is 0 Å². The minimum atomic E-state index is -3.21. The fraction of sp³-hybridized carbons (Fsp3) is 0.909. The van der Waals surface area contributed by atoms with Crippen molar-refractivity contribution < 1.29 is 13.2 Å². The summed E-state index contributed by atoms with van der Waals surface area (Å²) in [5.74, 6) is 1.95. The van der Waals surface area contributed by atoms with Crippen LogP contribution < -0.4 is 10.0 Å². The summed E-state index contributed by atoms with van der Waals surface area (Å²) in [7, 11) is -3.21. The van der Waals surface area contributed by atoms with Crippen molar-refractivity contribution >= 4 is 27.7 Å². The molecule has 2 aliphatic rings. The highest BCUT2D eigenvalue weighted by Crippen LogP contribution is 2.15. The molecule has 19 heavy (non-hydrogen) atoms. The number of carbonyl (C=O) groups is 1. The van der Waals surface area contributed by atoms with Crippen LogP contribution in [0.3, 0.4) is 0 Å². The molecule has 0 aromatic carbocycles. The van der Waals surface area contributed by atoms with Crippen LogP contribution in [0, 0.1) is 0 Å². The van der Waals surface area contributed by atoms with E-state index in [2.05, 4.69) is 10.0 Å². The molecule has 2 rings (SSSR count). The second-order valence-corrected chi connectivity index (χ2v) is 8.02. The van der Waals surface area contributed by atoms with Gasteiger partial charge in [-0.2, -0.15) is 11.8 Å². The zero-order valence-electron chi connectivity index (χ0n) is 11.1. The number of nitrogens with zero attached hydrogens (tertiary/aromatic N) is 1. The molecule has 2 N–H and O–H groups in total. The number of hydrogen-bond donors (Lipinski definition) is 2. The average molecular weight is 307 g/mol. The second kappa shape index (κ2) is 6.43. The van der Waals surface area contributed by atoms with Gasteiger partial charge in [-0.15, -0.1) is 0 Å². The van der Waals surface area contributed by atoms with Gasteiger partial charge in [-0.3, -0.25) is 4.79 Å². The van der Waals surface area contributed by atoms with Gasteiger partial charge in [0.05, 0.1) is 12.3 Å². The second-order valence-electron chi connectivity index (χ2n) is 5.10. The lowest BCUT2D eigenvalue weighted by Gasteiger charge is -2.36. The van der Waals surface area contributed by atoms with Crippen molar-refractivity contribution in [2.24, 2.45) is 0 Å². The van der Waals surface area contributed by atoms with Gasteiger partial charge in [0.25, 0.3) is 0 Å². The third-order valence-corrected chi connectivity index (χ3v) is 5.16. The number of hydrogen-bond acceptors (Lipinski definition) is 5. The molecule has 0 saturated carbocycles. The highest BCUT2D eigenvalue weighted by Gasteiger charge is 2.30. The number of amides is 1. The van der Waals surface area contributed by atoms with E-state index in [1.807, 2.05) is 0 Å². The molecule has 2 unspecified atom stereocenters. The van der Waals surface area contributed by atoms with Crippen molar-refractivity contribution in [3.63, 3.8) is 0 Å². The van der Waals surface area contributed by atoms with E-state index in [0.29, 0.717) is 6.54 Å². The van der Waals surface area contributed by atoms with Crippen LogP contribution in [-0.4, -0.2) is 68.7 Å². The molecule has 2 heterocycles. The topological polar surface area (TPSA) is 78.5 Å². The Balaban J connectivity index is 1.91. The molecule has 6 nitrogen and oxygen atoms in total. The molecule has 0 aromatic rings. The largest absolute Gasteiger partial charge is 0.340 e. The lowest BCUT2D eigenvalue weighted by molar-refractivity contribution is -0.134. The van der Waals surface area contributed by atoms with Crippen molar-refractivity contribution in [1.82, 2.24) is 14.9 Å². The maximum atomic E-state index is 12.3. The predicted octanol–water partition coefficient (Wildman–Crippen LogP) is -0.768. The number of rotatable bonds is 3.